The van der Waals surface area contributed by atoms with Crippen molar-refractivity contribution in [3.05, 3.63) is 46.0 Å². The number of thiazole rings is 1. The molecule has 2 aromatic heterocycles. The summed E-state index contributed by atoms with van der Waals surface area (Å²) >= 11 is 1.28. The zero-order valence-corrected chi connectivity index (χ0v) is 19.2. The fraction of sp³-hybridized carbons (Fsp3) is 0.409. The topological polar surface area (TPSA) is 109 Å². The first kappa shape index (κ1) is 21.9. The van der Waals surface area contributed by atoms with E-state index in [1.54, 1.807) is 7.05 Å². The Kier molecular flexibility index (Phi) is 6.22. The van der Waals surface area contributed by atoms with Crippen LogP contribution >= 0.6 is 11.3 Å². The molecule has 1 saturated heterocycles. The third-order valence-corrected chi connectivity index (χ3v) is 6.95. The molecular formula is C22H26N6O3S. The van der Waals surface area contributed by atoms with Crippen molar-refractivity contribution in [2.75, 3.05) is 30.4 Å². The number of hydrogen-bond acceptors (Lipinski definition) is 7. The highest BCUT2D eigenvalue weighted by atomic mass is 32.1. The van der Waals surface area contributed by atoms with Crippen LogP contribution in [-0.4, -0.2) is 46.5 Å². The van der Waals surface area contributed by atoms with Gasteiger partial charge in [-0.05, 0) is 49.9 Å². The van der Waals surface area contributed by atoms with Gasteiger partial charge in [0.2, 0.25) is 11.8 Å². The van der Waals surface area contributed by atoms with Gasteiger partial charge in [0.05, 0.1) is 0 Å². The lowest BCUT2D eigenvalue weighted by molar-refractivity contribution is -0.125. The molecule has 3 aromatic rings. The predicted octanol–water partition coefficient (Wildman–Crippen LogP) is 2.07. The van der Waals surface area contributed by atoms with Crippen molar-refractivity contribution >= 4 is 44.3 Å². The van der Waals surface area contributed by atoms with Gasteiger partial charge in [0.15, 0.2) is 10.8 Å². The third-order valence-electron chi connectivity index (χ3n) is 5.86. The Labute approximate surface area is 189 Å². The lowest BCUT2D eigenvalue weighted by Gasteiger charge is -2.30. The van der Waals surface area contributed by atoms with Crippen LogP contribution in [0.25, 0.3) is 10.3 Å². The van der Waals surface area contributed by atoms with Crippen LogP contribution < -0.4 is 21.1 Å². The van der Waals surface area contributed by atoms with E-state index in [9.17, 15) is 14.4 Å². The molecule has 0 atom stereocenters. The largest absolute Gasteiger partial charge is 0.359 e. The number of amides is 2. The molecule has 32 heavy (non-hydrogen) atoms. The molecule has 9 nitrogen and oxygen atoms in total. The number of rotatable bonds is 5. The summed E-state index contributed by atoms with van der Waals surface area (Å²) in [5.74, 6) is -0.216. The molecule has 0 spiro atoms. The zero-order chi connectivity index (χ0) is 22.8. The Balaban J connectivity index is 1.47. The molecule has 1 fully saturated rings. The minimum Gasteiger partial charge on any atom is -0.359 e. The predicted molar refractivity (Wildman–Crippen MR) is 125 cm³/mol. The van der Waals surface area contributed by atoms with Gasteiger partial charge in [0.1, 0.15) is 17.6 Å². The molecule has 168 valence electrons. The lowest BCUT2D eigenvalue weighted by Crippen LogP contribution is -2.39. The van der Waals surface area contributed by atoms with Gasteiger partial charge in [-0.15, -0.1) is 0 Å². The minimum absolute atomic E-state index is 0.0109. The zero-order valence-electron chi connectivity index (χ0n) is 18.3. The van der Waals surface area contributed by atoms with Crippen molar-refractivity contribution in [2.45, 2.75) is 33.2 Å². The molecule has 0 unspecified atom stereocenters. The molecule has 10 heteroatoms. The molecule has 0 radical (unpaired) electrons. The second kappa shape index (κ2) is 9.07. The van der Waals surface area contributed by atoms with Gasteiger partial charge in [-0.2, -0.15) is 4.98 Å². The molecule has 3 heterocycles. The maximum absolute atomic E-state index is 12.9. The Morgan fingerprint density at radius 2 is 1.94 bits per heavy atom. The summed E-state index contributed by atoms with van der Waals surface area (Å²) in [6, 6.07) is 5.69. The first-order valence-corrected chi connectivity index (χ1v) is 11.4. The number of fused-ring (bicyclic) bond motifs is 1. The number of aryl methyl sites for hydroxylation is 2. The summed E-state index contributed by atoms with van der Waals surface area (Å²) in [7, 11) is 1.65. The van der Waals surface area contributed by atoms with E-state index >= 15 is 0 Å². The van der Waals surface area contributed by atoms with Crippen LogP contribution in [0, 0.1) is 19.8 Å². The van der Waals surface area contributed by atoms with E-state index in [-0.39, 0.29) is 29.8 Å². The van der Waals surface area contributed by atoms with E-state index in [2.05, 4.69) is 25.5 Å². The van der Waals surface area contributed by atoms with Crippen molar-refractivity contribution in [1.82, 2.24) is 19.9 Å². The molecule has 0 aliphatic carbocycles. The average Bonchev–Trinajstić information content (AvgIpc) is 3.23. The van der Waals surface area contributed by atoms with E-state index in [1.165, 1.54) is 22.2 Å². The van der Waals surface area contributed by atoms with Crippen LogP contribution in [0.15, 0.2) is 29.3 Å². The van der Waals surface area contributed by atoms with Crippen molar-refractivity contribution in [2.24, 2.45) is 5.92 Å². The van der Waals surface area contributed by atoms with E-state index < -0.39 is 0 Å². The van der Waals surface area contributed by atoms with Gasteiger partial charge in [-0.1, -0.05) is 17.4 Å². The minimum atomic E-state index is -0.294. The number of aromatic nitrogens is 3. The molecule has 0 bridgehead atoms. The molecule has 1 aliphatic rings. The van der Waals surface area contributed by atoms with E-state index in [0.717, 1.165) is 29.1 Å². The standard InChI is InChI=1S/C22H26N6O3S/c1-13-4-5-16(10-14(13)2)25-17(29)11-28-12-24-19-18(21(28)31)32-22(26-19)27-8-6-15(7-9-27)20(30)23-3/h4-5,10,12,15H,6-9,11H2,1-3H3,(H,23,30)(H,25,29). The Morgan fingerprint density at radius 3 is 2.62 bits per heavy atom. The second-order valence-corrected chi connectivity index (χ2v) is 9.03. The first-order valence-electron chi connectivity index (χ1n) is 10.6. The maximum Gasteiger partial charge on any atom is 0.273 e. The van der Waals surface area contributed by atoms with Crippen LogP contribution in [0.4, 0.5) is 10.8 Å². The summed E-state index contributed by atoms with van der Waals surface area (Å²) < 4.78 is 1.73. The van der Waals surface area contributed by atoms with E-state index in [0.29, 0.717) is 29.1 Å². The smallest absolute Gasteiger partial charge is 0.273 e. The quantitative estimate of drug-likeness (QED) is 0.611. The van der Waals surface area contributed by atoms with Gasteiger partial charge in [0, 0.05) is 31.7 Å². The van der Waals surface area contributed by atoms with Crippen molar-refractivity contribution in [1.29, 1.82) is 0 Å². The van der Waals surface area contributed by atoms with Crippen LogP contribution in [0.5, 0.6) is 0 Å². The molecule has 1 aliphatic heterocycles. The van der Waals surface area contributed by atoms with Crippen LogP contribution in [-0.2, 0) is 16.1 Å². The molecule has 0 saturated carbocycles. The van der Waals surface area contributed by atoms with Crippen LogP contribution in [0.1, 0.15) is 24.0 Å². The number of carbonyl (C=O) groups excluding carboxylic acids is 2. The number of piperidine rings is 1. The fourth-order valence-electron chi connectivity index (χ4n) is 3.79. The van der Waals surface area contributed by atoms with E-state index in [1.807, 2.05) is 32.0 Å². The van der Waals surface area contributed by atoms with Gasteiger partial charge in [-0.25, -0.2) is 4.98 Å². The summed E-state index contributed by atoms with van der Waals surface area (Å²) in [6.07, 6.45) is 2.85. The van der Waals surface area contributed by atoms with E-state index in [4.69, 9.17) is 0 Å². The normalized spacial score (nSPS) is 14.5. The Bertz CT molecular complexity index is 1230. The van der Waals surface area contributed by atoms with Gasteiger partial charge < -0.3 is 15.5 Å². The highest BCUT2D eigenvalue weighted by molar-refractivity contribution is 7.22. The molecule has 2 N–H and O–H groups in total. The number of nitrogens with zero attached hydrogens (tertiary/aromatic N) is 4. The van der Waals surface area contributed by atoms with Crippen molar-refractivity contribution in [3.63, 3.8) is 0 Å². The summed E-state index contributed by atoms with van der Waals surface area (Å²) in [4.78, 5) is 48.1. The highest BCUT2D eigenvalue weighted by Crippen LogP contribution is 2.29. The van der Waals surface area contributed by atoms with Gasteiger partial charge in [0.25, 0.3) is 5.56 Å². The number of nitrogens with one attached hydrogen (secondary N) is 2. The summed E-state index contributed by atoms with van der Waals surface area (Å²) in [5, 5.41) is 6.25. The van der Waals surface area contributed by atoms with Crippen molar-refractivity contribution in [3.8, 4) is 0 Å². The number of benzene rings is 1. The Hall–Kier alpha value is -3.27. The number of anilines is 2. The maximum atomic E-state index is 12.9. The molecule has 1 aromatic carbocycles. The second-order valence-electron chi connectivity index (χ2n) is 8.05. The van der Waals surface area contributed by atoms with Gasteiger partial charge >= 0.3 is 0 Å². The van der Waals surface area contributed by atoms with Crippen LogP contribution in [0.3, 0.4) is 0 Å². The number of hydrogen-bond donors (Lipinski definition) is 2. The fourth-order valence-corrected chi connectivity index (χ4v) is 4.82. The van der Waals surface area contributed by atoms with Crippen molar-refractivity contribution < 1.29 is 9.59 Å². The summed E-state index contributed by atoms with van der Waals surface area (Å²) in [5.41, 5.74) is 3.02. The lowest BCUT2D eigenvalue weighted by atomic mass is 9.96. The van der Waals surface area contributed by atoms with Gasteiger partial charge in [-0.3, -0.25) is 19.0 Å². The van der Waals surface area contributed by atoms with Crippen LogP contribution in [0.2, 0.25) is 0 Å². The molecular weight excluding hydrogens is 428 g/mol. The third kappa shape index (κ3) is 4.50. The highest BCUT2D eigenvalue weighted by Gasteiger charge is 2.26. The average molecular weight is 455 g/mol. The molecule has 4 rings (SSSR count). The SMILES string of the molecule is CNC(=O)C1CCN(c2nc3ncn(CC(=O)Nc4ccc(C)c(C)c4)c(=O)c3s2)CC1. The Morgan fingerprint density at radius 1 is 1.19 bits per heavy atom. The first-order chi connectivity index (χ1) is 15.4. The summed E-state index contributed by atoms with van der Waals surface area (Å²) in [6.45, 7) is 5.26. The molecule has 2 amide bonds. The monoisotopic (exact) mass is 454 g/mol. The number of carbonyl (C=O) groups is 2.